The standard InChI is InChI=1S/C13H21N3O3.ClH/c1-13(4-3-5-14-8-13)9-15-12(17)11-6-10(7-18-2)19-16-11;/h6,14H,3-5,7-9H2,1-2H3,(H,15,17);1H. The van der Waals surface area contributed by atoms with E-state index in [0.29, 0.717) is 24.6 Å². The van der Waals surface area contributed by atoms with Gasteiger partial charge in [0.25, 0.3) is 5.91 Å². The molecule has 0 aromatic carbocycles. The molecule has 0 saturated carbocycles. The molecule has 0 spiro atoms. The molecule has 20 heavy (non-hydrogen) atoms. The van der Waals surface area contributed by atoms with Gasteiger partial charge < -0.3 is 19.9 Å². The molecule has 1 amide bonds. The lowest BCUT2D eigenvalue weighted by atomic mass is 9.83. The van der Waals surface area contributed by atoms with Gasteiger partial charge in [-0.1, -0.05) is 12.1 Å². The summed E-state index contributed by atoms with van der Waals surface area (Å²) in [6.07, 6.45) is 2.27. The molecule has 1 aliphatic rings. The number of halogens is 1. The number of aromatic nitrogens is 1. The van der Waals surface area contributed by atoms with Crippen molar-refractivity contribution in [2.75, 3.05) is 26.7 Å². The van der Waals surface area contributed by atoms with Gasteiger partial charge in [-0.15, -0.1) is 12.4 Å². The highest BCUT2D eigenvalue weighted by atomic mass is 35.5. The topological polar surface area (TPSA) is 76.4 Å². The number of nitrogens with one attached hydrogen (secondary N) is 2. The summed E-state index contributed by atoms with van der Waals surface area (Å²) < 4.78 is 9.91. The van der Waals surface area contributed by atoms with Crippen LogP contribution >= 0.6 is 12.4 Å². The molecule has 2 N–H and O–H groups in total. The number of hydrogen-bond acceptors (Lipinski definition) is 5. The molecule has 1 aromatic rings. The second-order valence-electron chi connectivity index (χ2n) is 5.39. The molecule has 6 nitrogen and oxygen atoms in total. The predicted octanol–water partition coefficient (Wildman–Crippen LogP) is 1.36. The van der Waals surface area contributed by atoms with Gasteiger partial charge in [-0.2, -0.15) is 0 Å². The maximum Gasteiger partial charge on any atom is 0.273 e. The maximum atomic E-state index is 12.0. The van der Waals surface area contributed by atoms with E-state index >= 15 is 0 Å². The van der Waals surface area contributed by atoms with Crippen LogP contribution in [0.25, 0.3) is 0 Å². The third kappa shape index (κ3) is 4.47. The minimum atomic E-state index is -0.196. The predicted molar refractivity (Wildman–Crippen MR) is 77.0 cm³/mol. The summed E-state index contributed by atoms with van der Waals surface area (Å²) in [7, 11) is 1.57. The molecule has 2 heterocycles. The fourth-order valence-corrected chi connectivity index (χ4v) is 2.28. The number of piperidine rings is 1. The summed E-state index contributed by atoms with van der Waals surface area (Å²) in [6, 6.07) is 1.61. The summed E-state index contributed by atoms with van der Waals surface area (Å²) in [6.45, 7) is 5.14. The fraction of sp³-hybridized carbons (Fsp3) is 0.692. The van der Waals surface area contributed by atoms with Crippen molar-refractivity contribution in [3.05, 3.63) is 17.5 Å². The molecular formula is C13H22ClN3O3. The second-order valence-corrected chi connectivity index (χ2v) is 5.39. The lowest BCUT2D eigenvalue weighted by Crippen LogP contribution is -2.45. The Kier molecular flexibility index (Phi) is 6.45. The van der Waals surface area contributed by atoms with Crippen LogP contribution in [-0.2, 0) is 11.3 Å². The van der Waals surface area contributed by atoms with Crippen molar-refractivity contribution in [3.63, 3.8) is 0 Å². The number of carbonyl (C=O) groups is 1. The van der Waals surface area contributed by atoms with Crippen LogP contribution in [0.5, 0.6) is 0 Å². The Bertz CT molecular complexity index is 430. The molecule has 0 bridgehead atoms. The Hall–Kier alpha value is -1.11. The van der Waals surface area contributed by atoms with Crippen molar-refractivity contribution < 1.29 is 14.1 Å². The average Bonchev–Trinajstić information content (AvgIpc) is 2.86. The van der Waals surface area contributed by atoms with E-state index < -0.39 is 0 Å². The zero-order chi connectivity index (χ0) is 13.7. The van der Waals surface area contributed by atoms with Gasteiger partial charge in [0, 0.05) is 26.3 Å². The molecule has 1 atom stereocenters. The Morgan fingerprint density at radius 3 is 3.10 bits per heavy atom. The van der Waals surface area contributed by atoms with Crippen molar-refractivity contribution in [1.29, 1.82) is 0 Å². The lowest BCUT2D eigenvalue weighted by Gasteiger charge is -2.34. The first-order valence-electron chi connectivity index (χ1n) is 6.56. The van der Waals surface area contributed by atoms with Crippen molar-refractivity contribution in [1.82, 2.24) is 15.8 Å². The molecule has 0 aliphatic carbocycles. The molecule has 1 saturated heterocycles. The highest BCUT2D eigenvalue weighted by Gasteiger charge is 2.27. The number of methoxy groups -OCH3 is 1. The molecule has 1 fully saturated rings. The molecule has 0 radical (unpaired) electrons. The van der Waals surface area contributed by atoms with E-state index in [9.17, 15) is 4.79 Å². The molecule has 114 valence electrons. The quantitative estimate of drug-likeness (QED) is 0.859. The van der Waals surface area contributed by atoms with Gasteiger partial charge in [-0.3, -0.25) is 4.79 Å². The largest absolute Gasteiger partial charge is 0.377 e. The molecule has 2 rings (SSSR count). The maximum absolute atomic E-state index is 12.0. The van der Waals surface area contributed by atoms with E-state index in [0.717, 1.165) is 25.9 Å². The number of carbonyl (C=O) groups excluding carboxylic acids is 1. The summed E-state index contributed by atoms with van der Waals surface area (Å²) in [4.78, 5) is 12.0. The van der Waals surface area contributed by atoms with Crippen LogP contribution in [0.4, 0.5) is 0 Å². The molecule has 1 aliphatic heterocycles. The highest BCUT2D eigenvalue weighted by molar-refractivity contribution is 5.92. The lowest BCUT2D eigenvalue weighted by molar-refractivity contribution is 0.0915. The smallest absolute Gasteiger partial charge is 0.273 e. The Morgan fingerprint density at radius 2 is 2.45 bits per heavy atom. The summed E-state index contributed by atoms with van der Waals surface area (Å²) >= 11 is 0. The van der Waals surface area contributed by atoms with Crippen molar-refractivity contribution in [3.8, 4) is 0 Å². The van der Waals surface area contributed by atoms with Crippen LogP contribution in [0.15, 0.2) is 10.6 Å². The Balaban J connectivity index is 0.00000200. The van der Waals surface area contributed by atoms with Crippen molar-refractivity contribution in [2.45, 2.75) is 26.4 Å². The van der Waals surface area contributed by atoms with Gasteiger partial charge in [0.05, 0.1) is 0 Å². The molecule has 1 aromatic heterocycles. The second kappa shape index (κ2) is 7.61. The van der Waals surface area contributed by atoms with Crippen LogP contribution in [0, 0.1) is 5.41 Å². The van der Waals surface area contributed by atoms with Crippen LogP contribution in [0.2, 0.25) is 0 Å². The van der Waals surface area contributed by atoms with Gasteiger partial charge in [-0.25, -0.2) is 0 Å². The number of nitrogens with zero attached hydrogens (tertiary/aromatic N) is 1. The minimum absolute atomic E-state index is 0. The van der Waals surface area contributed by atoms with Crippen LogP contribution in [-0.4, -0.2) is 37.8 Å². The van der Waals surface area contributed by atoms with E-state index in [-0.39, 0.29) is 23.7 Å². The Labute approximate surface area is 125 Å². The summed E-state index contributed by atoms with van der Waals surface area (Å²) in [5.41, 5.74) is 0.423. The van der Waals surface area contributed by atoms with Gasteiger partial charge in [0.2, 0.25) is 0 Å². The number of amides is 1. The van der Waals surface area contributed by atoms with E-state index in [1.807, 2.05) is 0 Å². The third-order valence-corrected chi connectivity index (χ3v) is 3.44. The van der Waals surface area contributed by atoms with Crippen LogP contribution in [0.3, 0.4) is 0 Å². The monoisotopic (exact) mass is 303 g/mol. The number of hydrogen-bond donors (Lipinski definition) is 2. The third-order valence-electron chi connectivity index (χ3n) is 3.44. The average molecular weight is 304 g/mol. The van der Waals surface area contributed by atoms with E-state index in [4.69, 9.17) is 9.26 Å². The van der Waals surface area contributed by atoms with Gasteiger partial charge in [-0.05, 0) is 24.8 Å². The van der Waals surface area contributed by atoms with Crippen molar-refractivity contribution >= 4 is 18.3 Å². The molecule has 7 heteroatoms. The van der Waals surface area contributed by atoms with E-state index in [2.05, 4.69) is 22.7 Å². The number of rotatable bonds is 5. The molecular weight excluding hydrogens is 282 g/mol. The fourth-order valence-electron chi connectivity index (χ4n) is 2.28. The Morgan fingerprint density at radius 1 is 1.65 bits per heavy atom. The summed E-state index contributed by atoms with van der Waals surface area (Å²) in [5, 5.41) is 10.0. The highest BCUT2D eigenvalue weighted by Crippen LogP contribution is 2.24. The van der Waals surface area contributed by atoms with Crippen molar-refractivity contribution in [2.24, 2.45) is 5.41 Å². The van der Waals surface area contributed by atoms with E-state index in [1.54, 1.807) is 13.2 Å². The molecule has 1 unspecified atom stereocenters. The van der Waals surface area contributed by atoms with Gasteiger partial charge in [0.15, 0.2) is 11.5 Å². The summed E-state index contributed by atoms with van der Waals surface area (Å²) in [5.74, 6) is 0.357. The zero-order valence-corrected chi connectivity index (χ0v) is 12.7. The zero-order valence-electron chi connectivity index (χ0n) is 11.9. The van der Waals surface area contributed by atoms with E-state index in [1.165, 1.54) is 0 Å². The van der Waals surface area contributed by atoms with Gasteiger partial charge in [0.1, 0.15) is 6.61 Å². The first-order chi connectivity index (χ1) is 9.13. The van der Waals surface area contributed by atoms with Gasteiger partial charge >= 0.3 is 0 Å². The minimum Gasteiger partial charge on any atom is -0.377 e. The first-order valence-corrected chi connectivity index (χ1v) is 6.56. The SMILES string of the molecule is COCc1cc(C(=O)NCC2(C)CCCNC2)no1.Cl. The number of ether oxygens (including phenoxy) is 1. The first kappa shape index (κ1) is 16.9. The van der Waals surface area contributed by atoms with Crippen LogP contribution < -0.4 is 10.6 Å². The normalized spacial score (nSPS) is 22.1. The van der Waals surface area contributed by atoms with Crippen LogP contribution in [0.1, 0.15) is 36.0 Å².